The maximum atomic E-state index is 5.32. The Labute approximate surface area is 84.3 Å². The molecule has 1 aromatic rings. The number of hydrogen-bond acceptors (Lipinski definition) is 4. The van der Waals surface area contributed by atoms with Crippen LogP contribution in [0.15, 0.2) is 0 Å². The number of hydrogen-bond donors (Lipinski definition) is 1. The maximum absolute atomic E-state index is 5.32. The number of nitrogens with two attached hydrogens (primary N) is 1. The van der Waals surface area contributed by atoms with Crippen LogP contribution in [0.5, 0.6) is 0 Å². The van der Waals surface area contributed by atoms with Gasteiger partial charge in [-0.25, -0.2) is 4.98 Å². The lowest BCUT2D eigenvalue weighted by Gasteiger charge is -2.00. The number of aryl methyl sites for hydroxylation is 2. The largest absolute Gasteiger partial charge is 0.372 e. The van der Waals surface area contributed by atoms with Gasteiger partial charge in [0.2, 0.25) is 0 Å². The summed E-state index contributed by atoms with van der Waals surface area (Å²) in [6.45, 7) is 3.71. The van der Waals surface area contributed by atoms with E-state index in [1.807, 2.05) is 7.05 Å². The normalized spacial score (nSPS) is 10.8. The van der Waals surface area contributed by atoms with Crippen LogP contribution in [0.4, 0.5) is 0 Å². The molecule has 1 rings (SSSR count). The van der Waals surface area contributed by atoms with E-state index >= 15 is 0 Å². The van der Waals surface area contributed by atoms with E-state index in [0.717, 1.165) is 24.5 Å². The predicted octanol–water partition coefficient (Wildman–Crippen LogP) is 0.243. The Morgan fingerprint density at radius 3 is 2.93 bits per heavy atom. The molecule has 0 saturated carbocycles. The highest BCUT2D eigenvalue weighted by Crippen LogP contribution is 2.01. The molecule has 1 aromatic heterocycles. The van der Waals surface area contributed by atoms with E-state index in [-0.39, 0.29) is 0 Å². The molecule has 2 N–H and O–H groups in total. The number of ether oxygens (including phenoxy) is 1. The summed E-state index contributed by atoms with van der Waals surface area (Å²) in [5, 5.41) is 4.27. The first-order chi connectivity index (χ1) is 6.77. The summed E-state index contributed by atoms with van der Waals surface area (Å²) in [6.07, 6.45) is 1.98. The average molecular weight is 198 g/mol. The predicted molar refractivity (Wildman–Crippen MR) is 53.7 cm³/mol. The summed E-state index contributed by atoms with van der Waals surface area (Å²) < 4.78 is 7.06. The smallest absolute Gasteiger partial charge is 0.152 e. The summed E-state index contributed by atoms with van der Waals surface area (Å²) in [7, 11) is 1.88. The van der Waals surface area contributed by atoms with Crippen molar-refractivity contribution in [2.24, 2.45) is 12.8 Å². The summed E-state index contributed by atoms with van der Waals surface area (Å²) in [6, 6.07) is 0. The van der Waals surface area contributed by atoms with Crippen LogP contribution in [0.3, 0.4) is 0 Å². The fourth-order valence-electron chi connectivity index (χ4n) is 1.18. The Morgan fingerprint density at radius 2 is 2.29 bits per heavy atom. The molecular formula is C9H18N4O. The molecule has 14 heavy (non-hydrogen) atoms. The van der Waals surface area contributed by atoms with Crippen molar-refractivity contribution in [3.63, 3.8) is 0 Å². The van der Waals surface area contributed by atoms with Gasteiger partial charge in [0.1, 0.15) is 6.61 Å². The van der Waals surface area contributed by atoms with Gasteiger partial charge in [-0.05, 0) is 6.42 Å². The van der Waals surface area contributed by atoms with Gasteiger partial charge in [-0.3, -0.25) is 4.68 Å². The summed E-state index contributed by atoms with van der Waals surface area (Å²) in [5.74, 6) is 1.75. The van der Waals surface area contributed by atoms with E-state index in [2.05, 4.69) is 17.0 Å². The van der Waals surface area contributed by atoms with Gasteiger partial charge in [-0.2, -0.15) is 5.10 Å². The van der Waals surface area contributed by atoms with Crippen LogP contribution >= 0.6 is 0 Å². The minimum absolute atomic E-state index is 0.490. The molecule has 5 nitrogen and oxygen atoms in total. The molecule has 0 aliphatic rings. The van der Waals surface area contributed by atoms with E-state index in [0.29, 0.717) is 19.8 Å². The van der Waals surface area contributed by atoms with Crippen LogP contribution < -0.4 is 5.73 Å². The van der Waals surface area contributed by atoms with Crippen molar-refractivity contribution in [2.45, 2.75) is 26.4 Å². The minimum Gasteiger partial charge on any atom is -0.372 e. The summed E-state index contributed by atoms with van der Waals surface area (Å²) in [4.78, 5) is 4.36. The zero-order valence-electron chi connectivity index (χ0n) is 8.86. The van der Waals surface area contributed by atoms with Gasteiger partial charge >= 0.3 is 0 Å². The summed E-state index contributed by atoms with van der Waals surface area (Å²) in [5.41, 5.74) is 5.32. The molecule has 0 fully saturated rings. The van der Waals surface area contributed by atoms with Crippen LogP contribution in [-0.2, 0) is 24.8 Å². The molecule has 0 aliphatic heterocycles. The Morgan fingerprint density at radius 1 is 1.50 bits per heavy atom. The van der Waals surface area contributed by atoms with Crippen molar-refractivity contribution < 1.29 is 4.74 Å². The van der Waals surface area contributed by atoms with Gasteiger partial charge in [0.05, 0.1) is 6.61 Å². The maximum Gasteiger partial charge on any atom is 0.152 e. The van der Waals surface area contributed by atoms with Crippen molar-refractivity contribution in [2.75, 3.05) is 13.2 Å². The zero-order chi connectivity index (χ0) is 10.4. The second-order valence-corrected chi connectivity index (χ2v) is 3.16. The second kappa shape index (κ2) is 5.72. The lowest BCUT2D eigenvalue weighted by Crippen LogP contribution is -2.10. The van der Waals surface area contributed by atoms with Crippen LogP contribution in [0, 0.1) is 0 Å². The molecule has 0 aliphatic carbocycles. The molecular weight excluding hydrogens is 180 g/mol. The third-order valence-corrected chi connectivity index (χ3v) is 1.86. The molecule has 0 bridgehead atoms. The first kappa shape index (κ1) is 11.1. The SMILES string of the molecule is CCCc1nc(COCCN)n(C)n1. The van der Waals surface area contributed by atoms with Gasteiger partial charge in [0.25, 0.3) is 0 Å². The second-order valence-electron chi connectivity index (χ2n) is 3.16. The Hall–Kier alpha value is -0.940. The third kappa shape index (κ3) is 3.08. The molecule has 0 aromatic carbocycles. The molecule has 80 valence electrons. The van der Waals surface area contributed by atoms with Crippen molar-refractivity contribution in [1.29, 1.82) is 0 Å². The minimum atomic E-state index is 0.490. The van der Waals surface area contributed by atoms with E-state index in [9.17, 15) is 0 Å². The molecule has 0 atom stereocenters. The quantitative estimate of drug-likeness (QED) is 0.665. The highest BCUT2D eigenvalue weighted by molar-refractivity contribution is 4.91. The van der Waals surface area contributed by atoms with Gasteiger partial charge in [0, 0.05) is 20.0 Å². The Kier molecular flexibility index (Phi) is 4.55. The highest BCUT2D eigenvalue weighted by Gasteiger charge is 2.05. The fraction of sp³-hybridized carbons (Fsp3) is 0.778. The summed E-state index contributed by atoms with van der Waals surface area (Å²) >= 11 is 0. The lowest BCUT2D eigenvalue weighted by atomic mass is 10.3. The van der Waals surface area contributed by atoms with Gasteiger partial charge in [-0.15, -0.1) is 0 Å². The highest BCUT2D eigenvalue weighted by atomic mass is 16.5. The third-order valence-electron chi connectivity index (χ3n) is 1.86. The average Bonchev–Trinajstić information content (AvgIpc) is 2.48. The monoisotopic (exact) mass is 198 g/mol. The standard InChI is InChI=1S/C9H18N4O/c1-3-4-8-11-9(13(2)12-8)7-14-6-5-10/h3-7,10H2,1-2H3. The van der Waals surface area contributed by atoms with E-state index in [1.54, 1.807) is 4.68 Å². The van der Waals surface area contributed by atoms with Gasteiger partial charge < -0.3 is 10.5 Å². The van der Waals surface area contributed by atoms with Crippen LogP contribution in [0.1, 0.15) is 25.0 Å². The molecule has 1 heterocycles. The molecule has 0 spiro atoms. The number of rotatable bonds is 6. The molecule has 0 saturated heterocycles. The van der Waals surface area contributed by atoms with Gasteiger partial charge in [-0.1, -0.05) is 6.92 Å². The van der Waals surface area contributed by atoms with Crippen LogP contribution in [-0.4, -0.2) is 27.9 Å². The van der Waals surface area contributed by atoms with Crippen LogP contribution in [0.2, 0.25) is 0 Å². The Bertz CT molecular complexity index is 272. The van der Waals surface area contributed by atoms with Crippen molar-refractivity contribution in [3.05, 3.63) is 11.6 Å². The first-order valence-corrected chi connectivity index (χ1v) is 4.94. The Balaban J connectivity index is 2.49. The van der Waals surface area contributed by atoms with E-state index < -0.39 is 0 Å². The number of nitrogens with zero attached hydrogens (tertiary/aromatic N) is 3. The molecule has 0 radical (unpaired) electrons. The molecule has 0 amide bonds. The lowest BCUT2D eigenvalue weighted by molar-refractivity contribution is 0.120. The molecule has 5 heteroatoms. The number of aromatic nitrogens is 3. The molecule has 0 unspecified atom stereocenters. The topological polar surface area (TPSA) is 66.0 Å². The fourth-order valence-corrected chi connectivity index (χ4v) is 1.18. The zero-order valence-corrected chi connectivity index (χ0v) is 8.86. The van der Waals surface area contributed by atoms with Crippen LogP contribution in [0.25, 0.3) is 0 Å². The van der Waals surface area contributed by atoms with E-state index in [1.165, 1.54) is 0 Å². The van der Waals surface area contributed by atoms with Crippen molar-refractivity contribution in [1.82, 2.24) is 14.8 Å². The van der Waals surface area contributed by atoms with E-state index in [4.69, 9.17) is 10.5 Å². The first-order valence-electron chi connectivity index (χ1n) is 4.94. The van der Waals surface area contributed by atoms with Crippen molar-refractivity contribution in [3.8, 4) is 0 Å². The van der Waals surface area contributed by atoms with Gasteiger partial charge in [0.15, 0.2) is 11.6 Å². The van der Waals surface area contributed by atoms with Crippen molar-refractivity contribution >= 4 is 0 Å².